The molecule has 0 saturated heterocycles. The monoisotopic (exact) mass is 368 g/mol. The van der Waals surface area contributed by atoms with E-state index >= 15 is 0 Å². The van der Waals surface area contributed by atoms with Crippen molar-refractivity contribution in [2.75, 3.05) is 12.8 Å². The lowest BCUT2D eigenvalue weighted by atomic mass is 9.96. The zero-order valence-electron chi connectivity index (χ0n) is 15.1. The summed E-state index contributed by atoms with van der Waals surface area (Å²) in [5, 5.41) is 10.5. The number of carboxylic acids is 1. The first-order chi connectivity index (χ1) is 12.6. The number of nitrogens with two attached hydrogens (primary N) is 1. The maximum atomic E-state index is 11.8. The van der Waals surface area contributed by atoms with Crippen LogP contribution in [0.15, 0.2) is 41.3 Å². The van der Waals surface area contributed by atoms with Crippen LogP contribution in [0.3, 0.4) is 0 Å². The lowest BCUT2D eigenvalue weighted by Gasteiger charge is -2.10. The summed E-state index contributed by atoms with van der Waals surface area (Å²) in [7, 11) is 0. The van der Waals surface area contributed by atoms with Gasteiger partial charge in [-0.1, -0.05) is 24.3 Å². The van der Waals surface area contributed by atoms with Gasteiger partial charge >= 0.3 is 5.97 Å². The van der Waals surface area contributed by atoms with Crippen LogP contribution in [0.5, 0.6) is 0 Å². The minimum absolute atomic E-state index is 0.359. The highest BCUT2D eigenvalue weighted by atomic mass is 32.2. The molecule has 136 valence electrons. The van der Waals surface area contributed by atoms with Crippen LogP contribution >= 0.6 is 11.8 Å². The van der Waals surface area contributed by atoms with Gasteiger partial charge in [0.25, 0.3) is 0 Å². The highest BCUT2D eigenvalue weighted by Gasteiger charge is 2.21. The Kier molecular flexibility index (Phi) is 5.69. The molecule has 0 unspecified atom stereocenters. The van der Waals surface area contributed by atoms with Crippen molar-refractivity contribution < 1.29 is 9.90 Å². The Labute approximate surface area is 157 Å². The molecule has 0 atom stereocenters. The summed E-state index contributed by atoms with van der Waals surface area (Å²) in [6.45, 7) is 2.66. The molecule has 0 spiro atoms. The van der Waals surface area contributed by atoms with E-state index in [1.807, 2.05) is 25.1 Å². The summed E-state index contributed by atoms with van der Waals surface area (Å²) in [5.74, 6) is -0.890. The van der Waals surface area contributed by atoms with Crippen molar-refractivity contribution in [1.29, 1.82) is 0 Å². The number of aromatic carboxylic acids is 1. The maximum absolute atomic E-state index is 11.8. The van der Waals surface area contributed by atoms with E-state index in [0.29, 0.717) is 12.1 Å². The van der Waals surface area contributed by atoms with Crippen molar-refractivity contribution in [3.63, 3.8) is 0 Å². The molecule has 0 aliphatic heterocycles. The molecule has 0 amide bonds. The molecular formula is C21H24N2O2S. The molecule has 2 aromatic carbocycles. The van der Waals surface area contributed by atoms with Crippen molar-refractivity contribution in [3.8, 4) is 11.3 Å². The fourth-order valence-electron chi connectivity index (χ4n) is 3.46. The Morgan fingerprint density at radius 3 is 2.65 bits per heavy atom. The summed E-state index contributed by atoms with van der Waals surface area (Å²) >= 11 is 1.70. The summed E-state index contributed by atoms with van der Waals surface area (Å²) in [6.07, 6.45) is 4.72. The number of benzene rings is 2. The van der Waals surface area contributed by atoms with Crippen molar-refractivity contribution >= 4 is 28.6 Å². The third-order valence-corrected chi connectivity index (χ3v) is 5.55. The molecule has 4 nitrogen and oxygen atoms in total. The number of carbonyl (C=O) groups is 1. The van der Waals surface area contributed by atoms with E-state index in [4.69, 9.17) is 5.73 Å². The molecule has 5 heteroatoms. The number of aromatic nitrogens is 1. The van der Waals surface area contributed by atoms with E-state index < -0.39 is 5.97 Å². The second kappa shape index (κ2) is 7.98. The van der Waals surface area contributed by atoms with E-state index in [1.54, 1.807) is 17.8 Å². The van der Waals surface area contributed by atoms with Crippen LogP contribution in [0.2, 0.25) is 0 Å². The van der Waals surface area contributed by atoms with Crippen molar-refractivity contribution in [1.82, 2.24) is 4.98 Å². The Hall–Kier alpha value is -2.24. The molecule has 1 aromatic heterocycles. The molecule has 26 heavy (non-hydrogen) atoms. The standard InChI is InChI=1S/C21H24N2O2S/c1-13-10-11-16(21(24)25)18-15(8-5-6-12-22)20(23-19(13)18)14-7-3-4-9-17(14)26-2/h3-4,7,9-11,23H,5-6,8,12,22H2,1-2H3,(H,24,25). The predicted molar refractivity (Wildman–Crippen MR) is 109 cm³/mol. The Balaban J connectivity index is 2.31. The van der Waals surface area contributed by atoms with Gasteiger partial charge in [0.05, 0.1) is 11.3 Å². The minimum Gasteiger partial charge on any atom is -0.478 e. The van der Waals surface area contributed by atoms with E-state index in [9.17, 15) is 9.90 Å². The molecule has 0 bridgehead atoms. The molecule has 3 rings (SSSR count). The number of H-pyrrole nitrogens is 1. The molecule has 0 fully saturated rings. The number of thioether (sulfide) groups is 1. The normalized spacial score (nSPS) is 11.2. The molecule has 0 saturated carbocycles. The molecule has 1 heterocycles. The van der Waals surface area contributed by atoms with Gasteiger partial charge in [-0.05, 0) is 62.2 Å². The molecular weight excluding hydrogens is 344 g/mol. The molecule has 3 aromatic rings. The average Bonchev–Trinajstić information content (AvgIpc) is 3.02. The van der Waals surface area contributed by atoms with E-state index in [-0.39, 0.29) is 0 Å². The van der Waals surface area contributed by atoms with Gasteiger partial charge in [0.1, 0.15) is 0 Å². The van der Waals surface area contributed by atoms with E-state index in [1.165, 1.54) is 4.90 Å². The van der Waals surface area contributed by atoms with Gasteiger partial charge in [-0.2, -0.15) is 0 Å². The van der Waals surface area contributed by atoms with Crippen LogP contribution < -0.4 is 5.73 Å². The van der Waals surface area contributed by atoms with Crippen LogP contribution in [0, 0.1) is 6.92 Å². The fourth-order valence-corrected chi connectivity index (χ4v) is 4.07. The second-order valence-electron chi connectivity index (χ2n) is 6.41. The van der Waals surface area contributed by atoms with E-state index in [2.05, 4.69) is 23.4 Å². The largest absolute Gasteiger partial charge is 0.478 e. The van der Waals surface area contributed by atoms with Crippen molar-refractivity contribution in [2.24, 2.45) is 5.73 Å². The number of fused-ring (bicyclic) bond motifs is 1. The Morgan fingerprint density at radius 2 is 1.96 bits per heavy atom. The van der Waals surface area contributed by atoms with Crippen LogP contribution in [0.25, 0.3) is 22.2 Å². The van der Waals surface area contributed by atoms with Gasteiger partial charge in [-0.25, -0.2) is 4.79 Å². The van der Waals surface area contributed by atoms with Crippen LogP contribution in [0.4, 0.5) is 0 Å². The van der Waals surface area contributed by atoms with Gasteiger partial charge in [0.2, 0.25) is 0 Å². The summed E-state index contributed by atoms with van der Waals surface area (Å²) < 4.78 is 0. The third kappa shape index (κ3) is 3.37. The number of hydrogen-bond donors (Lipinski definition) is 3. The van der Waals surface area contributed by atoms with E-state index in [0.717, 1.165) is 52.5 Å². The third-order valence-electron chi connectivity index (χ3n) is 4.75. The second-order valence-corrected chi connectivity index (χ2v) is 7.26. The SMILES string of the molecule is CSc1ccccc1-c1[nH]c2c(C)ccc(C(=O)O)c2c1CCCCN. The van der Waals surface area contributed by atoms with Gasteiger partial charge < -0.3 is 15.8 Å². The van der Waals surface area contributed by atoms with Crippen LogP contribution in [-0.4, -0.2) is 28.9 Å². The van der Waals surface area contributed by atoms with Gasteiger partial charge in [0, 0.05) is 21.4 Å². The number of aromatic amines is 1. The lowest BCUT2D eigenvalue weighted by Crippen LogP contribution is -2.01. The Morgan fingerprint density at radius 1 is 1.19 bits per heavy atom. The highest BCUT2D eigenvalue weighted by molar-refractivity contribution is 7.98. The molecule has 0 radical (unpaired) electrons. The molecule has 0 aliphatic rings. The van der Waals surface area contributed by atoms with Gasteiger partial charge in [-0.3, -0.25) is 0 Å². The quantitative estimate of drug-likeness (QED) is 0.412. The first kappa shape index (κ1) is 18.5. The zero-order valence-corrected chi connectivity index (χ0v) is 16.0. The Bertz CT molecular complexity index is 947. The predicted octanol–water partition coefficient (Wildman–Crippen LogP) is 4.84. The number of unbranched alkanes of at least 4 members (excludes halogenated alkanes) is 1. The summed E-state index contributed by atoms with van der Waals surface area (Å²) in [4.78, 5) is 16.6. The lowest BCUT2D eigenvalue weighted by molar-refractivity contribution is 0.0699. The minimum atomic E-state index is -0.890. The topological polar surface area (TPSA) is 79.1 Å². The average molecular weight is 369 g/mol. The molecule has 4 N–H and O–H groups in total. The first-order valence-corrected chi connectivity index (χ1v) is 10.0. The van der Waals surface area contributed by atoms with Crippen molar-refractivity contribution in [2.45, 2.75) is 31.1 Å². The number of carboxylic acid groups (broad SMARTS) is 1. The number of aryl methyl sites for hydroxylation is 2. The number of nitrogens with one attached hydrogen (secondary N) is 1. The van der Waals surface area contributed by atoms with Crippen molar-refractivity contribution in [3.05, 3.63) is 53.1 Å². The summed E-state index contributed by atoms with van der Waals surface area (Å²) in [5.41, 5.74) is 11.2. The van der Waals surface area contributed by atoms with Gasteiger partial charge in [-0.15, -0.1) is 11.8 Å². The summed E-state index contributed by atoms with van der Waals surface area (Å²) in [6, 6.07) is 11.8. The number of hydrogen-bond acceptors (Lipinski definition) is 3. The molecule has 0 aliphatic carbocycles. The first-order valence-electron chi connectivity index (χ1n) is 8.79. The number of rotatable bonds is 7. The van der Waals surface area contributed by atoms with Crippen LogP contribution in [-0.2, 0) is 6.42 Å². The fraction of sp³-hybridized carbons (Fsp3) is 0.286. The van der Waals surface area contributed by atoms with Crippen LogP contribution in [0.1, 0.15) is 34.3 Å². The maximum Gasteiger partial charge on any atom is 0.336 e. The van der Waals surface area contributed by atoms with Gasteiger partial charge in [0.15, 0.2) is 0 Å². The zero-order chi connectivity index (χ0) is 18.7. The smallest absolute Gasteiger partial charge is 0.336 e. The highest BCUT2D eigenvalue weighted by Crippen LogP contribution is 2.38.